The highest BCUT2D eigenvalue weighted by molar-refractivity contribution is 5.94. The van der Waals surface area contributed by atoms with Gasteiger partial charge in [-0.3, -0.25) is 9.59 Å². The van der Waals surface area contributed by atoms with E-state index >= 15 is 0 Å². The van der Waals surface area contributed by atoms with Gasteiger partial charge in [-0.1, -0.05) is 32.9 Å². The first-order valence-corrected chi connectivity index (χ1v) is 11.7. The molecule has 5 rings (SSSR count). The summed E-state index contributed by atoms with van der Waals surface area (Å²) in [4.78, 5) is 24.4. The summed E-state index contributed by atoms with van der Waals surface area (Å²) in [5.74, 6) is 2.67. The molecule has 0 atom stereocenters. The van der Waals surface area contributed by atoms with Gasteiger partial charge in [0, 0.05) is 23.9 Å². The summed E-state index contributed by atoms with van der Waals surface area (Å²) in [6, 6.07) is 8.10. The third kappa shape index (κ3) is 4.81. The zero-order valence-corrected chi connectivity index (χ0v) is 18.7. The molecule has 5 heteroatoms. The largest absolute Gasteiger partial charge is 0.378 e. The molecular formula is C25H37N3O2. The van der Waals surface area contributed by atoms with Crippen molar-refractivity contribution >= 4 is 23.2 Å². The van der Waals surface area contributed by atoms with Gasteiger partial charge in [0.2, 0.25) is 11.8 Å². The van der Waals surface area contributed by atoms with Crippen LogP contribution in [0.4, 0.5) is 11.4 Å². The van der Waals surface area contributed by atoms with Crippen molar-refractivity contribution in [3.05, 3.63) is 24.3 Å². The molecule has 0 aliphatic heterocycles. The zero-order valence-electron chi connectivity index (χ0n) is 18.7. The molecule has 4 aliphatic carbocycles. The average molecular weight is 412 g/mol. The van der Waals surface area contributed by atoms with Gasteiger partial charge in [-0.25, -0.2) is 0 Å². The molecule has 4 bridgehead atoms. The fourth-order valence-corrected chi connectivity index (χ4v) is 6.18. The molecule has 0 spiro atoms. The van der Waals surface area contributed by atoms with Crippen LogP contribution in [0.2, 0.25) is 0 Å². The lowest BCUT2D eigenvalue weighted by Crippen LogP contribution is -2.54. The number of hydrogen-bond acceptors (Lipinski definition) is 3. The number of carbonyl (C=O) groups excluding carboxylic acids is 2. The number of nitrogens with one attached hydrogen (secondary N) is 3. The van der Waals surface area contributed by atoms with Crippen LogP contribution < -0.4 is 16.0 Å². The van der Waals surface area contributed by atoms with Gasteiger partial charge >= 0.3 is 0 Å². The smallest absolute Gasteiger partial charge is 0.225 e. The molecule has 0 unspecified atom stereocenters. The molecule has 0 saturated heterocycles. The van der Waals surface area contributed by atoms with Crippen LogP contribution in [0, 0.1) is 23.2 Å². The number of hydrogen-bond donors (Lipinski definition) is 3. The lowest BCUT2D eigenvalue weighted by molar-refractivity contribution is -0.128. The van der Waals surface area contributed by atoms with Gasteiger partial charge in [0.1, 0.15) is 0 Å². The van der Waals surface area contributed by atoms with E-state index in [0.29, 0.717) is 19.4 Å². The van der Waals surface area contributed by atoms with E-state index in [9.17, 15) is 9.59 Å². The van der Waals surface area contributed by atoms with Gasteiger partial charge in [0.05, 0.1) is 11.4 Å². The quantitative estimate of drug-likeness (QED) is 0.556. The van der Waals surface area contributed by atoms with E-state index < -0.39 is 5.41 Å². The highest BCUT2D eigenvalue weighted by Gasteiger charge is 2.51. The Kier molecular flexibility index (Phi) is 5.82. The average Bonchev–Trinajstić information content (AvgIpc) is 2.64. The standard InChI is InChI=1S/C25H37N3O2/c1-24(2,3)23(30)26-10-6-9-22(29)27-20-7-4-5-8-21(20)28-25-14-17-11-18(15-25)13-19(12-17)16-25/h4-5,7-8,17-19,28H,6,9-16H2,1-3H3,(H,26,30)(H,27,29). The van der Waals surface area contributed by atoms with E-state index in [2.05, 4.69) is 22.0 Å². The van der Waals surface area contributed by atoms with Crippen molar-refractivity contribution in [2.24, 2.45) is 23.2 Å². The third-order valence-electron chi connectivity index (χ3n) is 7.19. The lowest BCUT2D eigenvalue weighted by Gasteiger charge is -2.57. The van der Waals surface area contributed by atoms with Gasteiger partial charge < -0.3 is 16.0 Å². The molecule has 4 aliphatic rings. The fourth-order valence-electron chi connectivity index (χ4n) is 6.18. The second-order valence-corrected chi connectivity index (χ2v) is 11.0. The molecule has 164 valence electrons. The fraction of sp³-hybridized carbons (Fsp3) is 0.680. The minimum Gasteiger partial charge on any atom is -0.378 e. The molecule has 30 heavy (non-hydrogen) atoms. The van der Waals surface area contributed by atoms with Crippen molar-refractivity contribution in [2.75, 3.05) is 17.2 Å². The van der Waals surface area contributed by atoms with Crippen LogP contribution in [0.1, 0.15) is 72.1 Å². The zero-order chi connectivity index (χ0) is 21.4. The Balaban J connectivity index is 1.32. The first-order chi connectivity index (χ1) is 14.2. The van der Waals surface area contributed by atoms with Gasteiger partial charge in [0.15, 0.2) is 0 Å². The third-order valence-corrected chi connectivity index (χ3v) is 7.19. The maximum atomic E-state index is 12.5. The summed E-state index contributed by atoms with van der Waals surface area (Å²) < 4.78 is 0. The Morgan fingerprint density at radius 1 is 0.967 bits per heavy atom. The van der Waals surface area contributed by atoms with Crippen molar-refractivity contribution in [2.45, 2.75) is 77.7 Å². The summed E-state index contributed by atoms with van der Waals surface area (Å²) in [5, 5.41) is 9.89. The Labute approximate surface area is 180 Å². The second-order valence-electron chi connectivity index (χ2n) is 11.0. The molecule has 1 aromatic carbocycles. The van der Waals surface area contributed by atoms with Crippen LogP contribution in [0.15, 0.2) is 24.3 Å². The minimum atomic E-state index is -0.399. The maximum Gasteiger partial charge on any atom is 0.225 e. The number of anilines is 2. The number of amides is 2. The number of para-hydroxylation sites is 2. The monoisotopic (exact) mass is 411 g/mol. The second kappa shape index (κ2) is 8.24. The molecule has 0 radical (unpaired) electrons. The van der Waals surface area contributed by atoms with E-state index in [0.717, 1.165) is 29.1 Å². The van der Waals surface area contributed by atoms with Gasteiger partial charge in [0.25, 0.3) is 0 Å². The summed E-state index contributed by atoms with van der Waals surface area (Å²) in [7, 11) is 0. The maximum absolute atomic E-state index is 12.5. The summed E-state index contributed by atoms with van der Waals surface area (Å²) in [5.41, 5.74) is 1.74. The highest BCUT2D eigenvalue weighted by Crippen LogP contribution is 2.56. The molecule has 5 nitrogen and oxygen atoms in total. The minimum absolute atomic E-state index is 0.000213. The predicted octanol–water partition coefficient (Wildman–Crippen LogP) is 4.95. The van der Waals surface area contributed by atoms with Crippen LogP contribution in [0.25, 0.3) is 0 Å². The molecular weight excluding hydrogens is 374 g/mol. The van der Waals surface area contributed by atoms with E-state index in [1.165, 1.54) is 38.5 Å². The molecule has 4 fully saturated rings. The van der Waals surface area contributed by atoms with E-state index in [-0.39, 0.29) is 17.4 Å². The number of benzene rings is 1. The van der Waals surface area contributed by atoms with Crippen molar-refractivity contribution in [3.8, 4) is 0 Å². The molecule has 0 aromatic heterocycles. The Hall–Kier alpha value is -2.04. The van der Waals surface area contributed by atoms with Crippen molar-refractivity contribution in [1.29, 1.82) is 0 Å². The van der Waals surface area contributed by atoms with Crippen molar-refractivity contribution in [3.63, 3.8) is 0 Å². The lowest BCUT2D eigenvalue weighted by atomic mass is 9.53. The van der Waals surface area contributed by atoms with E-state index in [1.54, 1.807) is 0 Å². The number of rotatable bonds is 7. The van der Waals surface area contributed by atoms with Crippen LogP contribution in [0.3, 0.4) is 0 Å². The first-order valence-electron chi connectivity index (χ1n) is 11.7. The number of carbonyl (C=O) groups is 2. The first kappa shape index (κ1) is 21.2. The normalized spacial score (nSPS) is 29.5. The van der Waals surface area contributed by atoms with E-state index in [1.807, 2.05) is 39.0 Å². The Morgan fingerprint density at radius 2 is 1.53 bits per heavy atom. The van der Waals surface area contributed by atoms with Gasteiger partial charge in [-0.05, 0) is 74.8 Å². The van der Waals surface area contributed by atoms with Crippen LogP contribution in [-0.4, -0.2) is 23.9 Å². The summed E-state index contributed by atoms with van der Waals surface area (Å²) in [6.45, 7) is 6.20. The molecule has 2 amide bonds. The molecule has 4 saturated carbocycles. The van der Waals surface area contributed by atoms with Crippen LogP contribution >= 0.6 is 0 Å². The SMILES string of the molecule is CC(C)(C)C(=O)NCCCC(=O)Nc1ccccc1NC12CC3CC(CC(C3)C1)C2. The molecule has 1 aromatic rings. The Morgan fingerprint density at radius 3 is 2.10 bits per heavy atom. The molecule has 0 heterocycles. The highest BCUT2D eigenvalue weighted by atomic mass is 16.2. The predicted molar refractivity (Wildman–Crippen MR) is 121 cm³/mol. The summed E-state index contributed by atoms with van der Waals surface area (Å²) >= 11 is 0. The summed E-state index contributed by atoms with van der Waals surface area (Å²) in [6.07, 6.45) is 9.12. The van der Waals surface area contributed by atoms with E-state index in [4.69, 9.17) is 0 Å². The van der Waals surface area contributed by atoms with Crippen molar-refractivity contribution in [1.82, 2.24) is 5.32 Å². The Bertz CT molecular complexity index is 761. The van der Waals surface area contributed by atoms with Crippen LogP contribution in [-0.2, 0) is 9.59 Å². The topological polar surface area (TPSA) is 70.2 Å². The van der Waals surface area contributed by atoms with Crippen molar-refractivity contribution < 1.29 is 9.59 Å². The van der Waals surface area contributed by atoms with Gasteiger partial charge in [-0.2, -0.15) is 0 Å². The van der Waals surface area contributed by atoms with Crippen LogP contribution in [0.5, 0.6) is 0 Å². The van der Waals surface area contributed by atoms with Gasteiger partial charge in [-0.15, -0.1) is 0 Å². The molecule has 3 N–H and O–H groups in total.